The summed E-state index contributed by atoms with van der Waals surface area (Å²) in [4.78, 5) is 28.5. The second-order valence-electron chi connectivity index (χ2n) is 5.51. The first-order valence-electron chi connectivity index (χ1n) is 7.54. The van der Waals surface area contributed by atoms with Gasteiger partial charge in [0.1, 0.15) is 12.1 Å². The number of rotatable bonds is 5. The van der Waals surface area contributed by atoms with Crippen LogP contribution in [0.25, 0.3) is 0 Å². The largest absolute Gasteiger partial charge is 0.343 e. The highest BCUT2D eigenvalue weighted by molar-refractivity contribution is 7.99. The van der Waals surface area contributed by atoms with Crippen molar-refractivity contribution in [1.82, 2.24) is 15.1 Å². The highest BCUT2D eigenvalue weighted by Crippen LogP contribution is 2.14. The molecule has 2 fully saturated rings. The van der Waals surface area contributed by atoms with Crippen molar-refractivity contribution in [3.05, 3.63) is 0 Å². The molecular formula is C14H25N3O2S. The lowest BCUT2D eigenvalue weighted by atomic mass is 10.0. The van der Waals surface area contributed by atoms with Crippen LogP contribution in [0, 0.1) is 0 Å². The van der Waals surface area contributed by atoms with Gasteiger partial charge in [0.05, 0.1) is 0 Å². The van der Waals surface area contributed by atoms with Gasteiger partial charge in [0.2, 0.25) is 11.8 Å². The molecule has 2 rings (SSSR count). The fraction of sp³-hybridized carbons (Fsp3) is 0.857. The minimum Gasteiger partial charge on any atom is -0.343 e. The van der Waals surface area contributed by atoms with Crippen molar-refractivity contribution in [2.75, 3.05) is 37.7 Å². The van der Waals surface area contributed by atoms with Crippen LogP contribution in [-0.2, 0) is 9.59 Å². The predicted octanol–water partition coefficient (Wildman–Crippen LogP) is 0.551. The molecule has 114 valence electrons. The Morgan fingerprint density at radius 2 is 1.95 bits per heavy atom. The number of carbonyl (C=O) groups excluding carboxylic acids is 2. The minimum absolute atomic E-state index is 0.0164. The van der Waals surface area contributed by atoms with E-state index in [1.165, 1.54) is 11.5 Å². The Bertz CT molecular complexity index is 358. The minimum atomic E-state index is -0.338. The number of nitrogens with one attached hydrogen (secondary N) is 1. The van der Waals surface area contributed by atoms with Crippen molar-refractivity contribution < 1.29 is 9.59 Å². The molecule has 2 heterocycles. The van der Waals surface area contributed by atoms with Crippen molar-refractivity contribution in [1.29, 1.82) is 0 Å². The normalized spacial score (nSPS) is 28.6. The zero-order valence-electron chi connectivity index (χ0n) is 12.4. The van der Waals surface area contributed by atoms with Gasteiger partial charge in [-0.3, -0.25) is 14.5 Å². The van der Waals surface area contributed by atoms with Crippen LogP contribution < -0.4 is 5.32 Å². The van der Waals surface area contributed by atoms with E-state index in [2.05, 4.69) is 10.2 Å². The summed E-state index contributed by atoms with van der Waals surface area (Å²) in [6.07, 6.45) is 1.64. The van der Waals surface area contributed by atoms with Crippen LogP contribution in [0.5, 0.6) is 0 Å². The van der Waals surface area contributed by atoms with E-state index in [0.717, 1.165) is 32.5 Å². The van der Waals surface area contributed by atoms with E-state index >= 15 is 0 Å². The fourth-order valence-electron chi connectivity index (χ4n) is 2.75. The first kappa shape index (κ1) is 15.6. The summed E-state index contributed by atoms with van der Waals surface area (Å²) < 4.78 is 0. The Morgan fingerprint density at radius 3 is 2.60 bits per heavy atom. The van der Waals surface area contributed by atoms with E-state index in [4.69, 9.17) is 0 Å². The van der Waals surface area contributed by atoms with Gasteiger partial charge in [0, 0.05) is 37.7 Å². The molecule has 2 aliphatic heterocycles. The van der Waals surface area contributed by atoms with E-state index in [0.29, 0.717) is 6.54 Å². The van der Waals surface area contributed by atoms with E-state index in [-0.39, 0.29) is 23.9 Å². The average Bonchev–Trinajstić information content (AvgIpc) is 2.46. The summed E-state index contributed by atoms with van der Waals surface area (Å²) in [5.41, 5.74) is 0. The maximum absolute atomic E-state index is 12.4. The van der Waals surface area contributed by atoms with Gasteiger partial charge in [0.15, 0.2) is 0 Å². The molecule has 0 spiro atoms. The van der Waals surface area contributed by atoms with Crippen LogP contribution in [0.1, 0.15) is 26.7 Å². The lowest BCUT2D eigenvalue weighted by Crippen LogP contribution is -2.63. The Morgan fingerprint density at radius 1 is 1.25 bits per heavy atom. The van der Waals surface area contributed by atoms with Gasteiger partial charge in [-0.2, -0.15) is 11.8 Å². The molecular weight excluding hydrogens is 274 g/mol. The molecule has 2 aliphatic rings. The number of thioether (sulfide) groups is 1. The van der Waals surface area contributed by atoms with Gasteiger partial charge in [-0.15, -0.1) is 0 Å². The molecule has 0 radical (unpaired) electrons. The number of piperazine rings is 1. The molecule has 20 heavy (non-hydrogen) atoms. The molecule has 2 saturated heterocycles. The summed E-state index contributed by atoms with van der Waals surface area (Å²) in [6.45, 7) is 7.58. The van der Waals surface area contributed by atoms with Crippen LogP contribution in [0.4, 0.5) is 0 Å². The van der Waals surface area contributed by atoms with Gasteiger partial charge >= 0.3 is 0 Å². The number of hydrogen-bond donors (Lipinski definition) is 1. The lowest BCUT2D eigenvalue weighted by Gasteiger charge is -2.38. The molecule has 5 nitrogen and oxygen atoms in total. The monoisotopic (exact) mass is 299 g/mol. The maximum Gasteiger partial charge on any atom is 0.245 e. The van der Waals surface area contributed by atoms with Crippen LogP contribution in [0.2, 0.25) is 0 Å². The first-order valence-corrected chi connectivity index (χ1v) is 8.70. The van der Waals surface area contributed by atoms with Gasteiger partial charge < -0.3 is 10.2 Å². The summed E-state index contributed by atoms with van der Waals surface area (Å²) in [6, 6.07) is -0.657. The van der Waals surface area contributed by atoms with Crippen molar-refractivity contribution in [3.8, 4) is 0 Å². The zero-order chi connectivity index (χ0) is 14.5. The van der Waals surface area contributed by atoms with E-state index in [1.807, 2.05) is 25.6 Å². The molecule has 6 heteroatoms. The van der Waals surface area contributed by atoms with Crippen molar-refractivity contribution in [3.63, 3.8) is 0 Å². The highest BCUT2D eigenvalue weighted by atomic mass is 32.2. The number of amides is 2. The first-order chi connectivity index (χ1) is 9.63. The van der Waals surface area contributed by atoms with Crippen molar-refractivity contribution in [2.45, 2.75) is 38.8 Å². The zero-order valence-corrected chi connectivity index (χ0v) is 13.2. The van der Waals surface area contributed by atoms with Crippen LogP contribution in [0.15, 0.2) is 0 Å². The summed E-state index contributed by atoms with van der Waals surface area (Å²) in [7, 11) is 0. The van der Waals surface area contributed by atoms with Crippen LogP contribution in [-0.4, -0.2) is 71.4 Å². The summed E-state index contributed by atoms with van der Waals surface area (Å²) >= 11 is 1.98. The Balaban J connectivity index is 1.92. The highest BCUT2D eigenvalue weighted by Gasteiger charge is 2.37. The lowest BCUT2D eigenvalue weighted by molar-refractivity contribution is -0.149. The topological polar surface area (TPSA) is 52.7 Å². The van der Waals surface area contributed by atoms with Crippen molar-refractivity contribution >= 4 is 23.6 Å². The van der Waals surface area contributed by atoms with E-state index < -0.39 is 0 Å². The fourth-order valence-corrected chi connectivity index (χ4v) is 3.73. The van der Waals surface area contributed by atoms with E-state index in [9.17, 15) is 9.59 Å². The third-order valence-corrected chi connectivity index (χ3v) is 5.03. The van der Waals surface area contributed by atoms with E-state index in [1.54, 1.807) is 4.90 Å². The molecule has 0 aromatic heterocycles. The summed E-state index contributed by atoms with van der Waals surface area (Å²) in [5, 5.41) is 2.84. The third-order valence-electron chi connectivity index (χ3n) is 4.08. The Kier molecular flexibility index (Phi) is 5.72. The smallest absolute Gasteiger partial charge is 0.245 e. The second-order valence-corrected chi connectivity index (χ2v) is 6.74. The second kappa shape index (κ2) is 7.31. The van der Waals surface area contributed by atoms with Crippen molar-refractivity contribution in [2.24, 2.45) is 0 Å². The number of hydrogen-bond acceptors (Lipinski definition) is 4. The third kappa shape index (κ3) is 3.67. The average molecular weight is 299 g/mol. The maximum atomic E-state index is 12.4. The molecule has 2 amide bonds. The summed E-state index contributed by atoms with van der Waals surface area (Å²) in [5.74, 6) is 2.41. The quantitative estimate of drug-likeness (QED) is 0.805. The van der Waals surface area contributed by atoms with Gasteiger partial charge in [-0.1, -0.05) is 13.3 Å². The molecule has 0 saturated carbocycles. The molecule has 0 bridgehead atoms. The van der Waals surface area contributed by atoms with Gasteiger partial charge in [0.25, 0.3) is 0 Å². The number of nitrogens with zero attached hydrogens (tertiary/aromatic N) is 2. The SMILES string of the molecule is CCCC1NC(=O)C(C)N(CCN2CCSCC2)C1=O. The molecule has 2 unspecified atom stereocenters. The predicted molar refractivity (Wildman–Crippen MR) is 81.8 cm³/mol. The molecule has 0 aliphatic carbocycles. The van der Waals surface area contributed by atoms with Gasteiger partial charge in [-0.25, -0.2) is 0 Å². The Hall–Kier alpha value is -0.750. The molecule has 1 N–H and O–H groups in total. The van der Waals surface area contributed by atoms with Crippen LogP contribution in [0.3, 0.4) is 0 Å². The standard InChI is InChI=1S/C14H25N3O2S/c1-3-4-12-14(19)17(11(2)13(18)15-12)6-5-16-7-9-20-10-8-16/h11-12H,3-10H2,1-2H3,(H,15,18). The van der Waals surface area contributed by atoms with Gasteiger partial charge in [-0.05, 0) is 13.3 Å². The van der Waals surface area contributed by atoms with Crippen LogP contribution >= 0.6 is 11.8 Å². The molecule has 0 aromatic rings. The molecule has 2 atom stereocenters. The number of carbonyl (C=O) groups is 2. The Labute approximate surface area is 125 Å². The molecule has 0 aromatic carbocycles.